The summed E-state index contributed by atoms with van der Waals surface area (Å²) >= 11 is 0. The Labute approximate surface area is 120 Å². The van der Waals surface area contributed by atoms with Crippen molar-refractivity contribution in [2.24, 2.45) is 0 Å². The van der Waals surface area contributed by atoms with Crippen molar-refractivity contribution in [1.82, 2.24) is 0 Å². The third kappa shape index (κ3) is 3.37. The van der Waals surface area contributed by atoms with E-state index in [0.29, 0.717) is 18.0 Å². The zero-order valence-electron chi connectivity index (χ0n) is 11.5. The molecule has 2 rings (SSSR count). The summed E-state index contributed by atoms with van der Waals surface area (Å²) in [5.74, 6) is 1.47. The number of furan rings is 1. The molecule has 0 fully saturated rings. The molecule has 0 bridgehead atoms. The SMILES string of the molecule is Cc1ccc(CN(C)c2ccc(C(F)(F)F)c(C#N)c2)o1. The topological polar surface area (TPSA) is 40.2 Å². The van der Waals surface area contributed by atoms with E-state index in [1.54, 1.807) is 24.1 Å². The van der Waals surface area contributed by atoms with Gasteiger partial charge in [0.15, 0.2) is 0 Å². The molecular weight excluding hydrogens is 281 g/mol. The van der Waals surface area contributed by atoms with Gasteiger partial charge in [0.2, 0.25) is 0 Å². The number of benzene rings is 1. The summed E-state index contributed by atoms with van der Waals surface area (Å²) in [6.45, 7) is 2.22. The minimum Gasteiger partial charge on any atom is -0.464 e. The number of nitriles is 1. The van der Waals surface area contributed by atoms with Gasteiger partial charge < -0.3 is 9.32 Å². The number of aryl methyl sites for hydroxylation is 1. The number of halogens is 3. The van der Waals surface area contributed by atoms with Crippen molar-refractivity contribution in [2.45, 2.75) is 19.6 Å². The van der Waals surface area contributed by atoms with Crippen molar-refractivity contribution in [3.63, 3.8) is 0 Å². The molecule has 0 amide bonds. The van der Waals surface area contributed by atoms with Crippen LogP contribution in [0, 0.1) is 18.3 Å². The normalized spacial score (nSPS) is 11.2. The van der Waals surface area contributed by atoms with E-state index in [1.807, 2.05) is 13.0 Å². The number of rotatable bonds is 3. The van der Waals surface area contributed by atoms with Crippen molar-refractivity contribution >= 4 is 5.69 Å². The molecule has 110 valence electrons. The molecule has 6 heteroatoms. The minimum atomic E-state index is -4.53. The van der Waals surface area contributed by atoms with Crippen LogP contribution in [0.5, 0.6) is 0 Å². The predicted molar refractivity (Wildman–Crippen MR) is 71.7 cm³/mol. The largest absolute Gasteiger partial charge is 0.464 e. The van der Waals surface area contributed by atoms with E-state index in [0.717, 1.165) is 11.8 Å². The highest BCUT2D eigenvalue weighted by Crippen LogP contribution is 2.33. The molecule has 1 aromatic heterocycles. The van der Waals surface area contributed by atoms with Crippen molar-refractivity contribution in [1.29, 1.82) is 5.26 Å². The smallest absolute Gasteiger partial charge is 0.417 e. The van der Waals surface area contributed by atoms with Gasteiger partial charge in [-0.2, -0.15) is 18.4 Å². The first-order chi connectivity index (χ1) is 9.81. The molecule has 0 atom stereocenters. The number of alkyl halides is 3. The van der Waals surface area contributed by atoms with Gasteiger partial charge >= 0.3 is 6.18 Å². The number of anilines is 1. The second-order valence-corrected chi connectivity index (χ2v) is 4.71. The first-order valence-corrected chi connectivity index (χ1v) is 6.19. The maximum Gasteiger partial charge on any atom is 0.417 e. The molecule has 1 heterocycles. The van der Waals surface area contributed by atoms with Gasteiger partial charge in [0, 0.05) is 12.7 Å². The average Bonchev–Trinajstić information content (AvgIpc) is 2.82. The van der Waals surface area contributed by atoms with Gasteiger partial charge in [0.25, 0.3) is 0 Å². The molecule has 0 aliphatic carbocycles. The fraction of sp³-hybridized carbons (Fsp3) is 0.267. The third-order valence-corrected chi connectivity index (χ3v) is 3.06. The summed E-state index contributed by atoms with van der Waals surface area (Å²) in [7, 11) is 1.72. The standard InChI is InChI=1S/C15H13F3N2O/c1-10-3-5-13(21-10)9-20(2)12-4-6-14(15(16,17)18)11(7-12)8-19/h3-7H,9H2,1-2H3. The quantitative estimate of drug-likeness (QED) is 0.855. The van der Waals surface area contributed by atoms with E-state index in [-0.39, 0.29) is 5.56 Å². The summed E-state index contributed by atoms with van der Waals surface area (Å²) in [5.41, 5.74) is -0.785. The highest BCUT2D eigenvalue weighted by Gasteiger charge is 2.33. The molecule has 0 radical (unpaired) electrons. The van der Waals surface area contributed by atoms with Gasteiger partial charge in [-0.15, -0.1) is 0 Å². The number of hydrogen-bond donors (Lipinski definition) is 0. The monoisotopic (exact) mass is 294 g/mol. The lowest BCUT2D eigenvalue weighted by atomic mass is 10.1. The third-order valence-electron chi connectivity index (χ3n) is 3.06. The number of hydrogen-bond acceptors (Lipinski definition) is 3. The fourth-order valence-electron chi connectivity index (χ4n) is 2.00. The Hall–Kier alpha value is -2.42. The van der Waals surface area contributed by atoms with Crippen molar-refractivity contribution in [3.8, 4) is 6.07 Å². The van der Waals surface area contributed by atoms with E-state index < -0.39 is 11.7 Å². The lowest BCUT2D eigenvalue weighted by Gasteiger charge is -2.19. The Morgan fingerprint density at radius 3 is 2.48 bits per heavy atom. The molecule has 0 spiro atoms. The van der Waals surface area contributed by atoms with Crippen LogP contribution in [0.3, 0.4) is 0 Å². The van der Waals surface area contributed by atoms with Gasteiger partial charge in [-0.1, -0.05) is 0 Å². The highest BCUT2D eigenvalue weighted by molar-refractivity contribution is 5.55. The zero-order valence-corrected chi connectivity index (χ0v) is 11.5. The van der Waals surface area contributed by atoms with Crippen LogP contribution in [-0.2, 0) is 12.7 Å². The van der Waals surface area contributed by atoms with Gasteiger partial charge in [-0.3, -0.25) is 0 Å². The van der Waals surface area contributed by atoms with Crippen LogP contribution in [-0.4, -0.2) is 7.05 Å². The van der Waals surface area contributed by atoms with Crippen LogP contribution in [0.1, 0.15) is 22.6 Å². The van der Waals surface area contributed by atoms with Crippen LogP contribution in [0.15, 0.2) is 34.7 Å². The maximum absolute atomic E-state index is 12.7. The summed E-state index contributed by atoms with van der Waals surface area (Å²) in [5, 5.41) is 8.89. The second kappa shape index (κ2) is 5.52. The molecule has 1 aromatic carbocycles. The fourth-order valence-corrected chi connectivity index (χ4v) is 2.00. The van der Waals surface area contributed by atoms with Crippen LogP contribution in [0.25, 0.3) is 0 Å². The zero-order chi connectivity index (χ0) is 15.6. The Kier molecular flexibility index (Phi) is 3.94. The predicted octanol–water partition coefficient (Wildman–Crippen LogP) is 4.11. The second-order valence-electron chi connectivity index (χ2n) is 4.71. The van der Waals surface area contributed by atoms with E-state index in [9.17, 15) is 13.2 Å². The van der Waals surface area contributed by atoms with E-state index in [2.05, 4.69) is 0 Å². The summed E-state index contributed by atoms with van der Waals surface area (Å²) in [6, 6.07) is 8.73. The van der Waals surface area contributed by atoms with Gasteiger partial charge in [-0.25, -0.2) is 0 Å². The summed E-state index contributed by atoms with van der Waals surface area (Å²) in [4.78, 5) is 1.72. The molecule has 3 nitrogen and oxygen atoms in total. The van der Waals surface area contributed by atoms with E-state index in [1.165, 1.54) is 12.1 Å². The number of nitrogens with zero attached hydrogens (tertiary/aromatic N) is 2. The molecule has 0 aliphatic rings. The van der Waals surface area contributed by atoms with Gasteiger partial charge in [0.05, 0.1) is 23.7 Å². The molecule has 2 aromatic rings. The molecule has 21 heavy (non-hydrogen) atoms. The van der Waals surface area contributed by atoms with E-state index in [4.69, 9.17) is 9.68 Å². The molecular formula is C15H13F3N2O. The maximum atomic E-state index is 12.7. The molecule has 0 saturated heterocycles. The molecule has 0 N–H and O–H groups in total. The van der Waals surface area contributed by atoms with Gasteiger partial charge in [-0.05, 0) is 37.3 Å². The van der Waals surface area contributed by atoms with Crippen molar-refractivity contribution in [2.75, 3.05) is 11.9 Å². The van der Waals surface area contributed by atoms with Crippen LogP contribution in [0.4, 0.5) is 18.9 Å². The Morgan fingerprint density at radius 1 is 1.24 bits per heavy atom. The van der Waals surface area contributed by atoms with E-state index >= 15 is 0 Å². The Bertz CT molecular complexity index is 683. The average molecular weight is 294 g/mol. The van der Waals surface area contributed by atoms with Crippen molar-refractivity contribution in [3.05, 3.63) is 53.0 Å². The van der Waals surface area contributed by atoms with Gasteiger partial charge in [0.1, 0.15) is 11.5 Å². The van der Waals surface area contributed by atoms with Crippen LogP contribution in [0.2, 0.25) is 0 Å². The lowest BCUT2D eigenvalue weighted by molar-refractivity contribution is -0.137. The first kappa shape index (κ1) is 15.0. The lowest BCUT2D eigenvalue weighted by Crippen LogP contribution is -2.17. The van der Waals surface area contributed by atoms with Crippen molar-refractivity contribution < 1.29 is 17.6 Å². The summed E-state index contributed by atoms with van der Waals surface area (Å²) in [6.07, 6.45) is -4.53. The van der Waals surface area contributed by atoms with Crippen LogP contribution < -0.4 is 4.90 Å². The highest BCUT2D eigenvalue weighted by atomic mass is 19.4. The molecule has 0 saturated carbocycles. The Balaban J connectivity index is 2.26. The Morgan fingerprint density at radius 2 is 1.95 bits per heavy atom. The molecule has 0 aliphatic heterocycles. The first-order valence-electron chi connectivity index (χ1n) is 6.19. The molecule has 0 unspecified atom stereocenters. The summed E-state index contributed by atoms with van der Waals surface area (Å²) < 4.78 is 43.6. The van der Waals surface area contributed by atoms with Crippen LogP contribution >= 0.6 is 0 Å². The minimum absolute atomic E-state index is 0.387.